The molecule has 24 heavy (non-hydrogen) atoms. The highest BCUT2D eigenvalue weighted by molar-refractivity contribution is 6.33. The molecule has 1 heterocycles. The van der Waals surface area contributed by atoms with Gasteiger partial charge in [0.05, 0.1) is 10.6 Å². The molecule has 3 rings (SSSR count). The Hall–Kier alpha value is -2.79. The molecule has 2 amide bonds. The molecular weight excluding hydrogens is 326 g/mol. The standard InChI is InChI=1S/C18H16ClN3O2/c1-10-11(2)20-16-8-7-12(9-14(10)16)17(23)21-22-18(24)13-5-3-4-6-15(13)19/h3-9,20H,1-2H3,(H,21,23)(H,22,24). The number of carbonyl (C=O) groups excluding carboxylic acids is 2. The van der Waals surface area contributed by atoms with Gasteiger partial charge in [-0.15, -0.1) is 0 Å². The topological polar surface area (TPSA) is 74.0 Å². The molecule has 0 radical (unpaired) electrons. The second-order valence-corrected chi connectivity index (χ2v) is 5.93. The normalized spacial score (nSPS) is 10.6. The van der Waals surface area contributed by atoms with Gasteiger partial charge in [0, 0.05) is 22.2 Å². The van der Waals surface area contributed by atoms with Gasteiger partial charge in [0.1, 0.15) is 0 Å². The molecule has 0 aliphatic carbocycles. The average molecular weight is 342 g/mol. The first-order chi connectivity index (χ1) is 11.5. The number of aryl methyl sites for hydroxylation is 2. The molecular formula is C18H16ClN3O2. The van der Waals surface area contributed by atoms with Crippen molar-refractivity contribution in [1.29, 1.82) is 0 Å². The smallest absolute Gasteiger partial charge is 0.271 e. The van der Waals surface area contributed by atoms with E-state index in [0.29, 0.717) is 16.1 Å². The Labute approximate surface area is 144 Å². The highest BCUT2D eigenvalue weighted by atomic mass is 35.5. The van der Waals surface area contributed by atoms with Crippen molar-refractivity contribution >= 4 is 34.3 Å². The molecule has 3 aromatic rings. The zero-order valence-electron chi connectivity index (χ0n) is 13.2. The van der Waals surface area contributed by atoms with Gasteiger partial charge < -0.3 is 4.98 Å². The summed E-state index contributed by atoms with van der Waals surface area (Å²) in [6.45, 7) is 3.98. The quantitative estimate of drug-likeness (QED) is 0.624. The zero-order chi connectivity index (χ0) is 17.3. The maximum Gasteiger partial charge on any atom is 0.271 e. The first kappa shape index (κ1) is 16.1. The molecule has 0 atom stereocenters. The fourth-order valence-electron chi connectivity index (χ4n) is 2.50. The van der Waals surface area contributed by atoms with E-state index in [1.165, 1.54) is 0 Å². The maximum absolute atomic E-state index is 12.3. The minimum Gasteiger partial charge on any atom is -0.358 e. The number of H-pyrrole nitrogens is 1. The molecule has 0 aliphatic heterocycles. The van der Waals surface area contributed by atoms with Crippen molar-refractivity contribution < 1.29 is 9.59 Å². The van der Waals surface area contributed by atoms with Gasteiger partial charge in [-0.3, -0.25) is 20.4 Å². The number of benzene rings is 2. The van der Waals surface area contributed by atoms with Gasteiger partial charge in [0.2, 0.25) is 0 Å². The number of hydrogen-bond acceptors (Lipinski definition) is 2. The van der Waals surface area contributed by atoms with E-state index in [4.69, 9.17) is 11.6 Å². The summed E-state index contributed by atoms with van der Waals surface area (Å²) in [7, 11) is 0. The van der Waals surface area contributed by atoms with Gasteiger partial charge in [-0.1, -0.05) is 23.7 Å². The van der Waals surface area contributed by atoms with Crippen molar-refractivity contribution in [3.05, 3.63) is 69.9 Å². The number of amides is 2. The highest BCUT2D eigenvalue weighted by Gasteiger charge is 2.13. The number of halogens is 1. The van der Waals surface area contributed by atoms with Gasteiger partial charge >= 0.3 is 0 Å². The molecule has 1 aromatic heterocycles. The number of aromatic nitrogens is 1. The molecule has 0 aliphatic rings. The molecule has 122 valence electrons. The lowest BCUT2D eigenvalue weighted by atomic mass is 10.1. The van der Waals surface area contributed by atoms with Gasteiger partial charge in [0.15, 0.2) is 0 Å². The van der Waals surface area contributed by atoms with Crippen LogP contribution in [0.2, 0.25) is 5.02 Å². The van der Waals surface area contributed by atoms with Crippen LogP contribution < -0.4 is 10.9 Å². The van der Waals surface area contributed by atoms with Crippen molar-refractivity contribution in [2.24, 2.45) is 0 Å². The summed E-state index contributed by atoms with van der Waals surface area (Å²) in [4.78, 5) is 27.6. The summed E-state index contributed by atoms with van der Waals surface area (Å²) < 4.78 is 0. The summed E-state index contributed by atoms with van der Waals surface area (Å²) in [6, 6.07) is 12.0. The third-order valence-corrected chi connectivity index (χ3v) is 4.31. The van der Waals surface area contributed by atoms with Crippen molar-refractivity contribution in [1.82, 2.24) is 15.8 Å². The van der Waals surface area contributed by atoms with Crippen LogP contribution in [0.15, 0.2) is 42.5 Å². The summed E-state index contributed by atoms with van der Waals surface area (Å²) in [5.41, 5.74) is 8.68. The molecule has 0 saturated carbocycles. The Morgan fingerprint density at radius 1 is 1.00 bits per heavy atom. The van der Waals surface area contributed by atoms with Crippen LogP contribution in [-0.2, 0) is 0 Å². The first-order valence-electron chi connectivity index (χ1n) is 7.41. The SMILES string of the molecule is Cc1[nH]c2ccc(C(=O)NNC(=O)c3ccccc3Cl)cc2c1C. The van der Waals surface area contributed by atoms with Crippen LogP contribution in [-0.4, -0.2) is 16.8 Å². The Kier molecular flexibility index (Phi) is 4.27. The third kappa shape index (κ3) is 2.98. The lowest BCUT2D eigenvalue weighted by Crippen LogP contribution is -2.41. The Bertz CT molecular complexity index is 947. The van der Waals surface area contributed by atoms with Crippen molar-refractivity contribution in [2.45, 2.75) is 13.8 Å². The maximum atomic E-state index is 12.3. The van der Waals surface area contributed by atoms with Gasteiger partial charge in [0.25, 0.3) is 11.8 Å². The van der Waals surface area contributed by atoms with Crippen molar-refractivity contribution in [3.63, 3.8) is 0 Å². The van der Waals surface area contributed by atoms with Gasteiger partial charge in [-0.2, -0.15) is 0 Å². The summed E-state index contributed by atoms with van der Waals surface area (Å²) in [6.07, 6.45) is 0. The van der Waals surface area contributed by atoms with E-state index >= 15 is 0 Å². The number of carbonyl (C=O) groups is 2. The summed E-state index contributed by atoms with van der Waals surface area (Å²) in [5, 5.41) is 1.31. The number of hydrogen-bond donors (Lipinski definition) is 3. The van der Waals surface area contributed by atoms with Crippen LogP contribution in [0.1, 0.15) is 32.0 Å². The van der Waals surface area contributed by atoms with Gasteiger partial charge in [-0.25, -0.2) is 0 Å². The van der Waals surface area contributed by atoms with Crippen molar-refractivity contribution in [2.75, 3.05) is 0 Å². The first-order valence-corrected chi connectivity index (χ1v) is 7.79. The minimum atomic E-state index is -0.469. The van der Waals surface area contributed by atoms with E-state index in [0.717, 1.165) is 22.2 Å². The molecule has 3 N–H and O–H groups in total. The summed E-state index contributed by atoms with van der Waals surface area (Å²) in [5.74, 6) is -0.862. The molecule has 6 heteroatoms. The van der Waals surface area contributed by atoms with E-state index in [2.05, 4.69) is 15.8 Å². The largest absolute Gasteiger partial charge is 0.358 e. The van der Waals surface area contributed by atoms with E-state index in [-0.39, 0.29) is 0 Å². The Morgan fingerprint density at radius 3 is 2.46 bits per heavy atom. The number of rotatable bonds is 2. The highest BCUT2D eigenvalue weighted by Crippen LogP contribution is 2.22. The predicted molar refractivity (Wildman–Crippen MR) is 94.2 cm³/mol. The molecule has 0 fully saturated rings. The molecule has 5 nitrogen and oxygen atoms in total. The number of aromatic amines is 1. The van der Waals surface area contributed by atoms with Crippen LogP contribution >= 0.6 is 11.6 Å². The monoisotopic (exact) mass is 341 g/mol. The van der Waals surface area contributed by atoms with Crippen molar-refractivity contribution in [3.8, 4) is 0 Å². The third-order valence-electron chi connectivity index (χ3n) is 3.98. The molecule has 0 unspecified atom stereocenters. The second-order valence-electron chi connectivity index (χ2n) is 5.52. The minimum absolute atomic E-state index is 0.298. The molecule has 0 bridgehead atoms. The number of hydrazine groups is 1. The van der Waals surface area contributed by atoms with E-state index in [1.54, 1.807) is 36.4 Å². The fraction of sp³-hybridized carbons (Fsp3) is 0.111. The van der Waals surface area contributed by atoms with E-state index < -0.39 is 11.8 Å². The lowest BCUT2D eigenvalue weighted by molar-refractivity contribution is 0.0847. The van der Waals surface area contributed by atoms with Crippen LogP contribution in [0.3, 0.4) is 0 Å². The average Bonchev–Trinajstić information content (AvgIpc) is 2.87. The van der Waals surface area contributed by atoms with E-state index in [9.17, 15) is 9.59 Å². The fourth-order valence-corrected chi connectivity index (χ4v) is 2.72. The van der Waals surface area contributed by atoms with Crippen LogP contribution in [0.5, 0.6) is 0 Å². The van der Waals surface area contributed by atoms with E-state index in [1.807, 2.05) is 19.9 Å². The molecule has 2 aromatic carbocycles. The number of nitrogens with one attached hydrogen (secondary N) is 3. The molecule has 0 saturated heterocycles. The Morgan fingerprint density at radius 2 is 1.71 bits per heavy atom. The number of fused-ring (bicyclic) bond motifs is 1. The lowest BCUT2D eigenvalue weighted by Gasteiger charge is -2.08. The van der Waals surface area contributed by atoms with Gasteiger partial charge in [-0.05, 0) is 49.7 Å². The predicted octanol–water partition coefficient (Wildman–Crippen LogP) is 3.51. The van der Waals surface area contributed by atoms with Crippen LogP contribution in [0, 0.1) is 13.8 Å². The van der Waals surface area contributed by atoms with Crippen LogP contribution in [0.4, 0.5) is 0 Å². The summed E-state index contributed by atoms with van der Waals surface area (Å²) >= 11 is 5.96. The Balaban J connectivity index is 1.74. The molecule has 0 spiro atoms. The zero-order valence-corrected chi connectivity index (χ0v) is 14.0. The second kappa shape index (κ2) is 6.37. The van der Waals surface area contributed by atoms with Crippen LogP contribution in [0.25, 0.3) is 10.9 Å².